The van der Waals surface area contributed by atoms with E-state index in [0.29, 0.717) is 0 Å². The molecule has 1 amide bonds. The van der Waals surface area contributed by atoms with Crippen LogP contribution in [0.5, 0.6) is 0 Å². The molecule has 1 aliphatic heterocycles. The number of aryl methyl sites for hydroxylation is 2. The lowest BCUT2D eigenvalue weighted by atomic mass is 9.97. The number of carbonyl (C=O) groups excluding carboxylic acids is 1. The van der Waals surface area contributed by atoms with Crippen molar-refractivity contribution in [2.24, 2.45) is 0 Å². The maximum atomic E-state index is 12.7. The highest BCUT2D eigenvalue weighted by atomic mass is 16.2. The lowest BCUT2D eigenvalue weighted by molar-refractivity contribution is -0.119. The average Bonchev–Trinajstić information content (AvgIpc) is 2.53. The molecule has 0 radical (unpaired) electrons. The third kappa shape index (κ3) is 2.64. The van der Waals surface area contributed by atoms with Crippen molar-refractivity contribution in [1.82, 2.24) is 0 Å². The molecule has 2 aromatic rings. The van der Waals surface area contributed by atoms with Gasteiger partial charge in [0.15, 0.2) is 0 Å². The van der Waals surface area contributed by atoms with Gasteiger partial charge in [0.05, 0.1) is 0 Å². The van der Waals surface area contributed by atoms with Gasteiger partial charge in [-0.15, -0.1) is 0 Å². The topological polar surface area (TPSA) is 32.3 Å². The van der Waals surface area contributed by atoms with Crippen molar-refractivity contribution in [2.45, 2.75) is 25.8 Å². The number of anilines is 2. The van der Waals surface area contributed by atoms with E-state index >= 15 is 0 Å². The van der Waals surface area contributed by atoms with Crippen molar-refractivity contribution < 1.29 is 4.79 Å². The van der Waals surface area contributed by atoms with E-state index in [1.807, 2.05) is 56.4 Å². The Morgan fingerprint density at radius 2 is 1.86 bits per heavy atom. The Kier molecular flexibility index (Phi) is 3.65. The minimum atomic E-state index is -0.149. The fraction of sp³-hybridized carbons (Fsp3) is 0.278. The largest absolute Gasteiger partial charge is 0.373 e. The molecule has 0 bridgehead atoms. The second-order valence-corrected chi connectivity index (χ2v) is 5.58. The standard InChI is InChI=1S/C18H20N2O/c1-13-7-3-6-10-17(13)20(2)18(21)16-12-11-14-8-4-5-9-15(14)19-16/h3-10,16,19H,11-12H2,1-2H3. The first-order valence-corrected chi connectivity index (χ1v) is 7.34. The number of hydrogen-bond acceptors (Lipinski definition) is 2. The summed E-state index contributed by atoms with van der Waals surface area (Å²) in [6.45, 7) is 2.03. The predicted octanol–water partition coefficient (Wildman–Crippen LogP) is 3.38. The molecule has 0 saturated carbocycles. The Balaban J connectivity index is 1.79. The summed E-state index contributed by atoms with van der Waals surface area (Å²) in [4.78, 5) is 14.5. The summed E-state index contributed by atoms with van der Waals surface area (Å²) in [5, 5.41) is 3.38. The van der Waals surface area contributed by atoms with E-state index < -0.39 is 0 Å². The highest BCUT2D eigenvalue weighted by molar-refractivity contribution is 5.99. The van der Waals surface area contributed by atoms with Gasteiger partial charge in [-0.2, -0.15) is 0 Å². The Bertz CT molecular complexity index is 666. The Labute approximate surface area is 125 Å². The van der Waals surface area contributed by atoms with Crippen LogP contribution in [0.15, 0.2) is 48.5 Å². The van der Waals surface area contributed by atoms with Gasteiger partial charge in [0.2, 0.25) is 5.91 Å². The maximum Gasteiger partial charge on any atom is 0.249 e. The Morgan fingerprint density at radius 1 is 1.14 bits per heavy atom. The summed E-state index contributed by atoms with van der Waals surface area (Å²) >= 11 is 0. The first-order chi connectivity index (χ1) is 10.2. The fourth-order valence-corrected chi connectivity index (χ4v) is 2.92. The zero-order valence-electron chi connectivity index (χ0n) is 12.5. The molecule has 3 rings (SSSR count). The van der Waals surface area contributed by atoms with Crippen LogP contribution in [-0.2, 0) is 11.2 Å². The summed E-state index contributed by atoms with van der Waals surface area (Å²) in [6.07, 6.45) is 1.78. The molecule has 3 nitrogen and oxygen atoms in total. The van der Waals surface area contributed by atoms with Crippen LogP contribution in [0, 0.1) is 6.92 Å². The quantitative estimate of drug-likeness (QED) is 0.914. The molecule has 0 saturated heterocycles. The second-order valence-electron chi connectivity index (χ2n) is 5.58. The minimum absolute atomic E-state index is 0.124. The molecule has 3 heteroatoms. The van der Waals surface area contributed by atoms with Gasteiger partial charge >= 0.3 is 0 Å². The molecule has 1 N–H and O–H groups in total. The number of benzene rings is 2. The van der Waals surface area contributed by atoms with Crippen LogP contribution in [0.3, 0.4) is 0 Å². The average molecular weight is 280 g/mol. The first kappa shape index (κ1) is 13.7. The number of fused-ring (bicyclic) bond motifs is 1. The van der Waals surface area contributed by atoms with Crippen molar-refractivity contribution >= 4 is 17.3 Å². The van der Waals surface area contributed by atoms with Crippen molar-refractivity contribution in [3.63, 3.8) is 0 Å². The molecular formula is C18H20N2O. The molecule has 21 heavy (non-hydrogen) atoms. The zero-order valence-corrected chi connectivity index (χ0v) is 12.5. The molecule has 2 aromatic carbocycles. The maximum absolute atomic E-state index is 12.7. The van der Waals surface area contributed by atoms with Gasteiger partial charge < -0.3 is 10.2 Å². The normalized spacial score (nSPS) is 16.8. The summed E-state index contributed by atoms with van der Waals surface area (Å²) in [6, 6.07) is 16.0. The molecule has 108 valence electrons. The van der Waals surface area contributed by atoms with Crippen LogP contribution in [0.1, 0.15) is 17.5 Å². The second kappa shape index (κ2) is 5.60. The molecule has 1 heterocycles. The highest BCUT2D eigenvalue weighted by Gasteiger charge is 2.27. The van der Waals surface area contributed by atoms with Gasteiger partial charge in [-0.05, 0) is 43.0 Å². The molecule has 0 fully saturated rings. The van der Waals surface area contributed by atoms with Gasteiger partial charge in [-0.1, -0.05) is 36.4 Å². The van der Waals surface area contributed by atoms with Gasteiger partial charge in [-0.3, -0.25) is 4.79 Å². The molecule has 0 aromatic heterocycles. The molecule has 0 aliphatic carbocycles. The number of nitrogens with zero attached hydrogens (tertiary/aromatic N) is 1. The molecular weight excluding hydrogens is 260 g/mol. The summed E-state index contributed by atoms with van der Waals surface area (Å²) in [5.41, 5.74) is 4.47. The van der Waals surface area contributed by atoms with Crippen LogP contribution in [0.4, 0.5) is 11.4 Å². The molecule has 0 spiro atoms. The van der Waals surface area contributed by atoms with Crippen molar-refractivity contribution in [3.05, 3.63) is 59.7 Å². The first-order valence-electron chi connectivity index (χ1n) is 7.34. The van der Waals surface area contributed by atoms with Gasteiger partial charge in [0.25, 0.3) is 0 Å². The lowest BCUT2D eigenvalue weighted by Gasteiger charge is -2.30. The monoisotopic (exact) mass is 280 g/mol. The number of carbonyl (C=O) groups is 1. The van der Waals surface area contributed by atoms with Crippen LogP contribution in [-0.4, -0.2) is 19.0 Å². The minimum Gasteiger partial charge on any atom is -0.373 e. The van der Waals surface area contributed by atoms with Crippen LogP contribution < -0.4 is 10.2 Å². The smallest absolute Gasteiger partial charge is 0.249 e. The van der Waals surface area contributed by atoms with Gasteiger partial charge in [0.1, 0.15) is 6.04 Å². The van der Waals surface area contributed by atoms with Crippen molar-refractivity contribution in [3.8, 4) is 0 Å². The summed E-state index contributed by atoms with van der Waals surface area (Å²) in [7, 11) is 1.85. The number of rotatable bonds is 2. The predicted molar refractivity (Wildman–Crippen MR) is 86.8 cm³/mol. The number of para-hydroxylation sites is 2. The highest BCUT2D eigenvalue weighted by Crippen LogP contribution is 2.26. The fourth-order valence-electron chi connectivity index (χ4n) is 2.92. The van der Waals surface area contributed by atoms with E-state index in [2.05, 4.69) is 11.4 Å². The van der Waals surface area contributed by atoms with Crippen LogP contribution in [0.2, 0.25) is 0 Å². The van der Waals surface area contributed by atoms with Crippen LogP contribution >= 0.6 is 0 Å². The third-order valence-corrected chi connectivity index (χ3v) is 4.15. The van der Waals surface area contributed by atoms with E-state index in [0.717, 1.165) is 29.8 Å². The third-order valence-electron chi connectivity index (χ3n) is 4.15. The van der Waals surface area contributed by atoms with E-state index in [9.17, 15) is 4.79 Å². The van der Waals surface area contributed by atoms with Gasteiger partial charge in [-0.25, -0.2) is 0 Å². The Morgan fingerprint density at radius 3 is 2.67 bits per heavy atom. The van der Waals surface area contributed by atoms with E-state index in [-0.39, 0.29) is 11.9 Å². The Hall–Kier alpha value is -2.29. The lowest BCUT2D eigenvalue weighted by Crippen LogP contribution is -2.43. The number of amides is 1. The molecule has 1 atom stereocenters. The van der Waals surface area contributed by atoms with Gasteiger partial charge in [0, 0.05) is 18.4 Å². The van der Waals surface area contributed by atoms with Crippen LogP contribution in [0.25, 0.3) is 0 Å². The van der Waals surface area contributed by atoms with E-state index in [4.69, 9.17) is 0 Å². The summed E-state index contributed by atoms with van der Waals surface area (Å²) in [5.74, 6) is 0.124. The summed E-state index contributed by atoms with van der Waals surface area (Å²) < 4.78 is 0. The van der Waals surface area contributed by atoms with E-state index in [1.54, 1.807) is 4.90 Å². The number of nitrogens with one attached hydrogen (secondary N) is 1. The number of likely N-dealkylation sites (N-methyl/N-ethyl adjacent to an activating group) is 1. The van der Waals surface area contributed by atoms with Crippen molar-refractivity contribution in [2.75, 3.05) is 17.3 Å². The van der Waals surface area contributed by atoms with Crippen molar-refractivity contribution in [1.29, 1.82) is 0 Å². The molecule has 1 unspecified atom stereocenters. The SMILES string of the molecule is Cc1ccccc1N(C)C(=O)C1CCc2ccccc2N1. The molecule has 1 aliphatic rings. The van der Waals surface area contributed by atoms with E-state index in [1.165, 1.54) is 5.56 Å². The zero-order chi connectivity index (χ0) is 14.8. The number of hydrogen-bond donors (Lipinski definition) is 1.